The van der Waals surface area contributed by atoms with Gasteiger partial charge in [0.15, 0.2) is 5.75 Å². The largest absolute Gasteiger partial charge is 0.505 e. The Morgan fingerprint density at radius 2 is 1.92 bits per heavy atom. The monoisotopic (exact) mass is 167 g/mol. The van der Waals surface area contributed by atoms with Crippen LogP contribution in [0.3, 0.4) is 0 Å². The van der Waals surface area contributed by atoms with E-state index >= 15 is 0 Å². The van der Waals surface area contributed by atoms with Crippen LogP contribution in [-0.2, 0) is 0 Å². The third-order valence-electron chi connectivity index (χ3n) is 1.24. The minimum Gasteiger partial charge on any atom is -0.505 e. The fraction of sp³-hybridized carbons (Fsp3) is 0.286. The number of carbonyl (C=O) groups excluding carboxylic acids is 1. The Morgan fingerprint density at radius 3 is 2.33 bits per heavy atom. The summed E-state index contributed by atoms with van der Waals surface area (Å²) >= 11 is 0. The van der Waals surface area contributed by atoms with Crippen molar-refractivity contribution in [3.63, 3.8) is 0 Å². The maximum Gasteiger partial charge on any atom is 0.291 e. The van der Waals surface area contributed by atoms with E-state index in [1.165, 1.54) is 17.3 Å². The molecule has 0 fully saturated rings. The van der Waals surface area contributed by atoms with Gasteiger partial charge in [0.25, 0.3) is 5.91 Å². The lowest BCUT2D eigenvalue weighted by atomic mass is 10.5. The SMILES string of the molecule is CN(C)C(=O)c1ncc(O)cn1. The number of aromatic hydroxyl groups is 1. The first-order valence-electron chi connectivity index (χ1n) is 3.34. The number of nitrogens with zero attached hydrogens (tertiary/aromatic N) is 3. The van der Waals surface area contributed by atoms with Gasteiger partial charge in [0.2, 0.25) is 5.82 Å². The summed E-state index contributed by atoms with van der Waals surface area (Å²) in [4.78, 5) is 19.8. The molecule has 1 heterocycles. The van der Waals surface area contributed by atoms with Crippen LogP contribution in [0.4, 0.5) is 0 Å². The topological polar surface area (TPSA) is 66.3 Å². The molecular formula is C7H9N3O2. The lowest BCUT2D eigenvalue weighted by Crippen LogP contribution is -2.23. The minimum absolute atomic E-state index is 0.0506. The van der Waals surface area contributed by atoms with Crippen molar-refractivity contribution in [1.29, 1.82) is 0 Å². The fourth-order valence-corrected chi connectivity index (χ4v) is 0.632. The molecule has 5 nitrogen and oxygen atoms in total. The van der Waals surface area contributed by atoms with Crippen molar-refractivity contribution in [3.05, 3.63) is 18.2 Å². The van der Waals surface area contributed by atoms with Crippen LogP contribution < -0.4 is 0 Å². The third kappa shape index (κ3) is 1.69. The van der Waals surface area contributed by atoms with Crippen LogP contribution in [0.2, 0.25) is 0 Å². The van der Waals surface area contributed by atoms with Crippen LogP contribution in [0, 0.1) is 0 Å². The van der Waals surface area contributed by atoms with Gasteiger partial charge in [0.05, 0.1) is 12.4 Å². The van der Waals surface area contributed by atoms with E-state index in [1.54, 1.807) is 14.1 Å². The molecule has 0 aliphatic heterocycles. The summed E-state index contributed by atoms with van der Waals surface area (Å²) < 4.78 is 0. The maximum absolute atomic E-state index is 11.2. The fourth-order valence-electron chi connectivity index (χ4n) is 0.632. The molecule has 0 spiro atoms. The van der Waals surface area contributed by atoms with Gasteiger partial charge in [0, 0.05) is 14.1 Å². The quantitative estimate of drug-likeness (QED) is 0.633. The molecular weight excluding hydrogens is 158 g/mol. The molecule has 1 aromatic heterocycles. The standard InChI is InChI=1S/C7H9N3O2/c1-10(2)7(12)6-8-3-5(11)4-9-6/h3-4,11H,1-2H3. The molecule has 0 aliphatic carbocycles. The molecule has 0 saturated heterocycles. The van der Waals surface area contributed by atoms with Gasteiger partial charge in [0.1, 0.15) is 0 Å². The van der Waals surface area contributed by atoms with Gasteiger partial charge in [-0.2, -0.15) is 0 Å². The molecule has 1 rings (SSSR count). The summed E-state index contributed by atoms with van der Waals surface area (Å²) in [5.74, 6) is -0.252. The van der Waals surface area contributed by atoms with E-state index in [9.17, 15) is 4.79 Å². The first-order chi connectivity index (χ1) is 5.61. The Morgan fingerprint density at radius 1 is 1.42 bits per heavy atom. The highest BCUT2D eigenvalue weighted by Crippen LogP contribution is 2.02. The maximum atomic E-state index is 11.2. The van der Waals surface area contributed by atoms with Gasteiger partial charge in [-0.1, -0.05) is 0 Å². The van der Waals surface area contributed by atoms with Crippen molar-refractivity contribution in [2.45, 2.75) is 0 Å². The van der Waals surface area contributed by atoms with Gasteiger partial charge in [-0.25, -0.2) is 9.97 Å². The average Bonchev–Trinajstić information content (AvgIpc) is 2.04. The summed E-state index contributed by atoms with van der Waals surface area (Å²) in [6.45, 7) is 0. The summed E-state index contributed by atoms with van der Waals surface area (Å²) in [6.07, 6.45) is 2.37. The van der Waals surface area contributed by atoms with Crippen LogP contribution >= 0.6 is 0 Å². The lowest BCUT2D eigenvalue weighted by Gasteiger charge is -2.07. The highest BCUT2D eigenvalue weighted by atomic mass is 16.3. The summed E-state index contributed by atoms with van der Waals surface area (Å²) in [6, 6.07) is 0. The number of hydrogen-bond donors (Lipinski definition) is 1. The Kier molecular flexibility index (Phi) is 2.23. The van der Waals surface area contributed by atoms with Crippen molar-refractivity contribution in [1.82, 2.24) is 14.9 Å². The van der Waals surface area contributed by atoms with Gasteiger partial charge in [-0.05, 0) is 0 Å². The average molecular weight is 167 g/mol. The number of rotatable bonds is 1. The van der Waals surface area contributed by atoms with Crippen LogP contribution in [0.25, 0.3) is 0 Å². The number of amides is 1. The van der Waals surface area contributed by atoms with E-state index in [1.807, 2.05) is 0 Å². The van der Waals surface area contributed by atoms with E-state index in [0.29, 0.717) is 0 Å². The first kappa shape index (κ1) is 8.45. The summed E-state index contributed by atoms with van der Waals surface area (Å²) in [7, 11) is 3.22. The number of hydrogen-bond acceptors (Lipinski definition) is 4. The molecule has 12 heavy (non-hydrogen) atoms. The van der Waals surface area contributed by atoms with Crippen LogP contribution in [-0.4, -0.2) is 40.0 Å². The minimum atomic E-state index is -0.282. The third-order valence-corrected chi connectivity index (χ3v) is 1.24. The molecule has 1 amide bonds. The lowest BCUT2D eigenvalue weighted by molar-refractivity contribution is 0.0815. The van der Waals surface area contributed by atoms with Crippen molar-refractivity contribution < 1.29 is 9.90 Å². The summed E-state index contributed by atoms with van der Waals surface area (Å²) in [5, 5.41) is 8.83. The molecule has 5 heteroatoms. The Bertz CT molecular complexity index is 281. The summed E-state index contributed by atoms with van der Waals surface area (Å²) in [5.41, 5.74) is 0. The highest BCUT2D eigenvalue weighted by molar-refractivity contribution is 5.89. The van der Waals surface area contributed by atoms with E-state index in [0.717, 1.165) is 0 Å². The van der Waals surface area contributed by atoms with Crippen molar-refractivity contribution in [3.8, 4) is 5.75 Å². The molecule has 1 aromatic rings. The Balaban J connectivity index is 2.90. The molecule has 0 atom stereocenters. The highest BCUT2D eigenvalue weighted by Gasteiger charge is 2.09. The van der Waals surface area contributed by atoms with Gasteiger partial charge in [-0.15, -0.1) is 0 Å². The molecule has 0 radical (unpaired) electrons. The van der Waals surface area contributed by atoms with Gasteiger partial charge >= 0.3 is 0 Å². The molecule has 0 aromatic carbocycles. The van der Waals surface area contributed by atoms with E-state index in [-0.39, 0.29) is 17.5 Å². The molecule has 0 aliphatic rings. The van der Waals surface area contributed by atoms with E-state index in [2.05, 4.69) is 9.97 Å². The van der Waals surface area contributed by atoms with E-state index in [4.69, 9.17) is 5.11 Å². The molecule has 0 saturated carbocycles. The van der Waals surface area contributed by atoms with Crippen molar-refractivity contribution >= 4 is 5.91 Å². The second-order valence-electron chi connectivity index (χ2n) is 2.46. The van der Waals surface area contributed by atoms with Gasteiger partial charge < -0.3 is 10.0 Å². The van der Waals surface area contributed by atoms with Gasteiger partial charge in [-0.3, -0.25) is 4.79 Å². The second kappa shape index (κ2) is 3.17. The van der Waals surface area contributed by atoms with Crippen molar-refractivity contribution in [2.24, 2.45) is 0 Å². The smallest absolute Gasteiger partial charge is 0.291 e. The zero-order valence-electron chi connectivity index (χ0n) is 6.85. The zero-order valence-corrected chi connectivity index (χ0v) is 6.85. The van der Waals surface area contributed by atoms with Crippen molar-refractivity contribution in [2.75, 3.05) is 14.1 Å². The van der Waals surface area contributed by atoms with Crippen LogP contribution in [0.1, 0.15) is 10.6 Å². The second-order valence-corrected chi connectivity index (χ2v) is 2.46. The number of carbonyl (C=O) groups is 1. The predicted molar refractivity (Wildman–Crippen MR) is 41.7 cm³/mol. The zero-order chi connectivity index (χ0) is 9.14. The van der Waals surface area contributed by atoms with E-state index < -0.39 is 0 Å². The van der Waals surface area contributed by atoms with Crippen LogP contribution in [0.15, 0.2) is 12.4 Å². The Hall–Kier alpha value is -1.65. The molecule has 1 N–H and O–H groups in total. The molecule has 0 bridgehead atoms. The Labute approximate surface area is 69.7 Å². The molecule has 0 unspecified atom stereocenters. The first-order valence-corrected chi connectivity index (χ1v) is 3.34. The normalized spacial score (nSPS) is 9.50. The molecule has 64 valence electrons. The van der Waals surface area contributed by atoms with Crippen LogP contribution in [0.5, 0.6) is 5.75 Å². The predicted octanol–water partition coefficient (Wildman–Crippen LogP) is -0.116. The number of aromatic nitrogens is 2.